The topological polar surface area (TPSA) is 96.5 Å². The molecule has 0 aromatic carbocycles. The van der Waals surface area contributed by atoms with Crippen LogP contribution in [0.15, 0.2) is 23.2 Å². The molecule has 1 aromatic rings. The molecule has 0 saturated carbocycles. The Labute approximate surface area is 123 Å². The number of sulfonamides is 1. The third kappa shape index (κ3) is 2.98. The molecule has 0 bridgehead atoms. The van der Waals surface area contributed by atoms with Crippen molar-refractivity contribution in [3.8, 4) is 0 Å². The second kappa shape index (κ2) is 5.72. The van der Waals surface area contributed by atoms with Crippen molar-refractivity contribution in [2.75, 3.05) is 13.1 Å². The highest BCUT2D eigenvalue weighted by Crippen LogP contribution is 2.23. The molecule has 1 saturated heterocycles. The Morgan fingerprint density at radius 1 is 1.55 bits per heavy atom. The van der Waals surface area contributed by atoms with E-state index in [1.165, 1.54) is 22.6 Å². The number of piperidine rings is 1. The van der Waals surface area contributed by atoms with Gasteiger partial charge in [-0.25, -0.2) is 8.42 Å². The summed E-state index contributed by atoms with van der Waals surface area (Å²) in [6.07, 6.45) is 1.25. The van der Waals surface area contributed by atoms with Crippen LogP contribution in [0.5, 0.6) is 0 Å². The monoisotopic (exact) mass is 315 g/mol. The average molecular weight is 315 g/mol. The van der Waals surface area contributed by atoms with E-state index in [-0.39, 0.29) is 22.3 Å². The summed E-state index contributed by atoms with van der Waals surface area (Å²) in [6, 6.07) is 2.92. The lowest BCUT2D eigenvalue weighted by atomic mass is 9.98. The average Bonchev–Trinajstić information content (AvgIpc) is 2.41. The van der Waals surface area contributed by atoms with Gasteiger partial charge in [-0.15, -0.1) is 0 Å². The van der Waals surface area contributed by atoms with E-state index in [9.17, 15) is 13.5 Å². The van der Waals surface area contributed by atoms with E-state index in [1.54, 1.807) is 0 Å². The molecule has 0 spiro atoms. The summed E-state index contributed by atoms with van der Waals surface area (Å²) < 4.78 is 26.1. The largest absolute Gasteiger partial charge is 0.391 e. The molecule has 3 N–H and O–H groups in total. The number of aliphatic hydroxyl groups is 1. The third-order valence-electron chi connectivity index (χ3n) is 3.51. The Kier molecular flexibility index (Phi) is 4.38. The first-order chi connectivity index (χ1) is 9.32. The fraction of sp³-hybridized carbons (Fsp3) is 0.500. The lowest BCUT2D eigenvalue weighted by Crippen LogP contribution is -2.45. The lowest BCUT2D eigenvalue weighted by Gasteiger charge is -2.33. The van der Waals surface area contributed by atoms with Gasteiger partial charge in [0.15, 0.2) is 0 Å². The SMILES string of the molecule is CC1CCN(S(=O)(=O)c2ccc(C(N)=S)nc2)CC1O. The van der Waals surface area contributed by atoms with Crippen molar-refractivity contribution in [2.24, 2.45) is 11.7 Å². The van der Waals surface area contributed by atoms with Crippen molar-refractivity contribution in [2.45, 2.75) is 24.3 Å². The number of aromatic nitrogens is 1. The van der Waals surface area contributed by atoms with Gasteiger partial charge in [-0.3, -0.25) is 4.98 Å². The molecule has 1 fully saturated rings. The van der Waals surface area contributed by atoms with Gasteiger partial charge >= 0.3 is 0 Å². The predicted octanol–water partition coefficient (Wildman–Crippen LogP) is 0.107. The minimum Gasteiger partial charge on any atom is -0.391 e. The molecule has 2 heterocycles. The van der Waals surface area contributed by atoms with Gasteiger partial charge in [0.2, 0.25) is 10.0 Å². The minimum atomic E-state index is -3.63. The smallest absolute Gasteiger partial charge is 0.244 e. The molecule has 110 valence electrons. The highest BCUT2D eigenvalue weighted by molar-refractivity contribution is 7.89. The number of hydrogen-bond acceptors (Lipinski definition) is 5. The maximum absolute atomic E-state index is 12.4. The molecular formula is C12H17N3O3S2. The number of nitrogens with zero attached hydrogens (tertiary/aromatic N) is 2. The zero-order chi connectivity index (χ0) is 14.9. The standard InChI is InChI=1S/C12H17N3O3S2/c1-8-4-5-15(7-11(8)16)20(17,18)9-2-3-10(12(13)19)14-6-9/h2-3,6,8,11,16H,4-5,7H2,1H3,(H2,13,19). The summed E-state index contributed by atoms with van der Waals surface area (Å²) in [5, 5.41) is 9.82. The van der Waals surface area contributed by atoms with Crippen LogP contribution < -0.4 is 5.73 Å². The minimum absolute atomic E-state index is 0.0826. The van der Waals surface area contributed by atoms with E-state index in [2.05, 4.69) is 4.98 Å². The maximum Gasteiger partial charge on any atom is 0.244 e. The molecule has 2 rings (SSSR count). The van der Waals surface area contributed by atoms with Crippen LogP contribution in [-0.4, -0.2) is 47.0 Å². The Bertz CT molecular complexity index is 601. The van der Waals surface area contributed by atoms with E-state index in [0.717, 1.165) is 0 Å². The van der Waals surface area contributed by atoms with Crippen molar-refractivity contribution in [1.29, 1.82) is 0 Å². The Morgan fingerprint density at radius 3 is 2.75 bits per heavy atom. The van der Waals surface area contributed by atoms with Crippen molar-refractivity contribution >= 4 is 27.2 Å². The molecule has 6 nitrogen and oxygen atoms in total. The van der Waals surface area contributed by atoms with E-state index in [1.807, 2.05) is 6.92 Å². The molecule has 1 aromatic heterocycles. The highest BCUT2D eigenvalue weighted by atomic mass is 32.2. The van der Waals surface area contributed by atoms with Crippen LogP contribution in [0.1, 0.15) is 19.0 Å². The molecule has 20 heavy (non-hydrogen) atoms. The highest BCUT2D eigenvalue weighted by Gasteiger charge is 2.32. The van der Waals surface area contributed by atoms with Gasteiger partial charge in [-0.1, -0.05) is 19.1 Å². The van der Waals surface area contributed by atoms with Crippen LogP contribution in [-0.2, 0) is 10.0 Å². The third-order valence-corrected chi connectivity index (χ3v) is 5.57. The second-order valence-corrected chi connectivity index (χ2v) is 7.32. The number of rotatable bonds is 3. The first kappa shape index (κ1) is 15.3. The quantitative estimate of drug-likeness (QED) is 0.768. The normalized spacial score (nSPS) is 24.5. The predicted molar refractivity (Wildman–Crippen MR) is 78.7 cm³/mol. The molecule has 0 radical (unpaired) electrons. The summed E-state index contributed by atoms with van der Waals surface area (Å²) in [4.78, 5) is 4.14. The number of nitrogens with two attached hydrogens (primary N) is 1. The van der Waals surface area contributed by atoms with Gasteiger partial charge in [0, 0.05) is 19.3 Å². The summed E-state index contributed by atoms with van der Waals surface area (Å²) in [5.41, 5.74) is 5.81. The number of pyridine rings is 1. The molecule has 1 aliphatic rings. The van der Waals surface area contributed by atoms with Crippen LogP contribution in [0, 0.1) is 5.92 Å². The maximum atomic E-state index is 12.4. The summed E-state index contributed by atoms with van der Waals surface area (Å²) in [6.45, 7) is 2.42. The van der Waals surface area contributed by atoms with Gasteiger partial charge in [-0.05, 0) is 24.5 Å². The molecule has 1 aliphatic heterocycles. The van der Waals surface area contributed by atoms with Crippen molar-refractivity contribution in [3.05, 3.63) is 24.0 Å². The molecule has 0 amide bonds. The van der Waals surface area contributed by atoms with Crippen LogP contribution in [0.3, 0.4) is 0 Å². The van der Waals surface area contributed by atoms with Crippen LogP contribution in [0.4, 0.5) is 0 Å². The Morgan fingerprint density at radius 2 is 2.25 bits per heavy atom. The fourth-order valence-electron chi connectivity index (χ4n) is 2.07. The van der Waals surface area contributed by atoms with Crippen molar-refractivity contribution in [1.82, 2.24) is 9.29 Å². The first-order valence-corrected chi connectivity index (χ1v) is 8.11. The molecule has 8 heteroatoms. The first-order valence-electron chi connectivity index (χ1n) is 6.26. The number of hydrogen-bond donors (Lipinski definition) is 2. The zero-order valence-corrected chi connectivity index (χ0v) is 12.7. The number of β-amino-alcohol motifs (C(OH)–C–C–N with tert-alkyl or cyclic N) is 1. The fourth-order valence-corrected chi connectivity index (χ4v) is 3.61. The van der Waals surface area contributed by atoms with Crippen LogP contribution >= 0.6 is 12.2 Å². The summed E-state index contributed by atoms with van der Waals surface area (Å²) >= 11 is 4.77. The zero-order valence-electron chi connectivity index (χ0n) is 11.1. The molecule has 2 atom stereocenters. The number of thiocarbonyl (C=S) groups is 1. The van der Waals surface area contributed by atoms with Crippen molar-refractivity contribution in [3.63, 3.8) is 0 Å². The van der Waals surface area contributed by atoms with Crippen molar-refractivity contribution < 1.29 is 13.5 Å². The Hall–Kier alpha value is -1.09. The van der Waals surface area contributed by atoms with Crippen LogP contribution in [0.25, 0.3) is 0 Å². The van der Waals surface area contributed by atoms with E-state index < -0.39 is 16.1 Å². The molecule has 2 unspecified atom stereocenters. The van der Waals surface area contributed by atoms with Gasteiger partial charge < -0.3 is 10.8 Å². The molecular weight excluding hydrogens is 298 g/mol. The Balaban J connectivity index is 2.24. The second-order valence-electron chi connectivity index (χ2n) is 4.94. The number of aliphatic hydroxyl groups excluding tert-OH is 1. The van der Waals surface area contributed by atoms with Crippen LogP contribution in [0.2, 0.25) is 0 Å². The summed E-state index contributed by atoms with van der Waals surface area (Å²) in [7, 11) is -3.63. The molecule has 0 aliphatic carbocycles. The van der Waals surface area contributed by atoms with Gasteiger partial charge in [-0.2, -0.15) is 4.31 Å². The van der Waals surface area contributed by atoms with Gasteiger partial charge in [0.25, 0.3) is 0 Å². The van der Waals surface area contributed by atoms with E-state index >= 15 is 0 Å². The van der Waals surface area contributed by atoms with Gasteiger partial charge in [0.05, 0.1) is 11.8 Å². The van der Waals surface area contributed by atoms with E-state index in [0.29, 0.717) is 18.7 Å². The lowest BCUT2D eigenvalue weighted by molar-refractivity contribution is 0.0605. The van der Waals surface area contributed by atoms with E-state index in [4.69, 9.17) is 18.0 Å². The van der Waals surface area contributed by atoms with Gasteiger partial charge in [0.1, 0.15) is 9.88 Å². The summed E-state index contributed by atoms with van der Waals surface area (Å²) in [5.74, 6) is 0.108.